The summed E-state index contributed by atoms with van der Waals surface area (Å²) in [6, 6.07) is 10.0. The number of esters is 1. The molecule has 0 atom stereocenters. The number of ether oxygens (including phenoxy) is 1. The summed E-state index contributed by atoms with van der Waals surface area (Å²) in [5.74, 6) is -0.503. The van der Waals surface area contributed by atoms with Crippen LogP contribution in [0.5, 0.6) is 0 Å². The summed E-state index contributed by atoms with van der Waals surface area (Å²) in [5, 5.41) is 9.84. The molecule has 1 heterocycles. The number of rotatable bonds is 5. The molecule has 0 amide bonds. The van der Waals surface area contributed by atoms with Crippen LogP contribution in [0.2, 0.25) is 0 Å². The van der Waals surface area contributed by atoms with E-state index in [2.05, 4.69) is 0 Å². The fourth-order valence-electron chi connectivity index (χ4n) is 5.22. The number of hydrogen-bond acceptors (Lipinski definition) is 5. The molecule has 4 rings (SSSR count). The van der Waals surface area contributed by atoms with Crippen LogP contribution in [-0.2, 0) is 28.8 Å². The van der Waals surface area contributed by atoms with E-state index in [-0.39, 0.29) is 36.5 Å². The Hall–Kier alpha value is -3.87. The number of nitriles is 1. The molecule has 0 unspecified atom stereocenters. The van der Waals surface area contributed by atoms with Crippen LogP contribution in [0.25, 0.3) is 10.9 Å². The quantitative estimate of drug-likeness (QED) is 0.472. The minimum Gasteiger partial charge on any atom is -0.469 e. The maximum Gasteiger partial charge on any atom is 0.417 e. The van der Waals surface area contributed by atoms with Gasteiger partial charge >= 0.3 is 17.8 Å². The number of carbonyl (C=O) groups is 1. The maximum absolute atomic E-state index is 13.6. The molecule has 2 aromatic carbocycles. The number of methoxy groups -OCH3 is 1. The second-order valence-corrected chi connectivity index (χ2v) is 9.44. The van der Waals surface area contributed by atoms with E-state index in [0.717, 1.165) is 10.6 Å². The zero-order chi connectivity index (χ0) is 26.9. The minimum atomic E-state index is -4.73. The van der Waals surface area contributed by atoms with Crippen molar-refractivity contribution in [3.63, 3.8) is 0 Å². The van der Waals surface area contributed by atoms with Crippen molar-refractivity contribution in [2.24, 2.45) is 11.8 Å². The number of benzene rings is 2. The molecule has 0 spiro atoms. The molecular weight excluding hydrogens is 487 g/mol. The van der Waals surface area contributed by atoms with E-state index < -0.39 is 28.6 Å². The number of alkyl halides is 3. The third-order valence-corrected chi connectivity index (χ3v) is 7.18. The summed E-state index contributed by atoms with van der Waals surface area (Å²) in [7, 11) is 1.34. The third kappa shape index (κ3) is 5.03. The van der Waals surface area contributed by atoms with Crippen LogP contribution in [-0.4, -0.2) is 22.2 Å². The Morgan fingerprint density at radius 3 is 2.38 bits per heavy atom. The number of hydrogen-bond donors (Lipinski definition) is 0. The van der Waals surface area contributed by atoms with E-state index in [1.54, 1.807) is 31.2 Å². The van der Waals surface area contributed by atoms with Gasteiger partial charge in [-0.2, -0.15) is 18.4 Å². The lowest BCUT2D eigenvalue weighted by Gasteiger charge is -2.27. The Balaban J connectivity index is 1.80. The van der Waals surface area contributed by atoms with Crippen molar-refractivity contribution in [2.75, 3.05) is 7.11 Å². The smallest absolute Gasteiger partial charge is 0.417 e. The third-order valence-electron chi connectivity index (χ3n) is 7.18. The zero-order valence-corrected chi connectivity index (χ0v) is 20.5. The van der Waals surface area contributed by atoms with E-state index in [0.29, 0.717) is 42.1 Å². The zero-order valence-electron chi connectivity index (χ0n) is 20.5. The molecule has 1 fully saturated rings. The summed E-state index contributed by atoms with van der Waals surface area (Å²) in [4.78, 5) is 38.9. The number of aryl methyl sites for hydroxylation is 1. The average molecular weight is 514 g/mol. The number of fused-ring (bicyclic) bond motifs is 1. The Bertz CT molecular complexity index is 1510. The Morgan fingerprint density at radius 2 is 1.76 bits per heavy atom. The molecule has 7 nitrogen and oxygen atoms in total. The van der Waals surface area contributed by atoms with Gasteiger partial charge in [0.1, 0.15) is 6.07 Å². The summed E-state index contributed by atoms with van der Waals surface area (Å²) < 4.78 is 47.8. The highest BCUT2D eigenvalue weighted by molar-refractivity contribution is 5.81. The SMILES string of the molecule is COC(=O)C1CCC(Cn2c(=O)c3c(C)cccc3n(Cc3cccc(C(F)(F)F)c3C#N)c2=O)CC1. The van der Waals surface area contributed by atoms with Gasteiger partial charge in [0.05, 0.1) is 41.6 Å². The van der Waals surface area contributed by atoms with E-state index in [9.17, 15) is 32.8 Å². The number of aromatic nitrogens is 2. The molecule has 37 heavy (non-hydrogen) atoms. The molecule has 0 bridgehead atoms. The summed E-state index contributed by atoms with van der Waals surface area (Å²) in [6.45, 7) is 1.56. The Labute approximate surface area is 210 Å². The van der Waals surface area contributed by atoms with Crippen molar-refractivity contribution in [3.8, 4) is 6.07 Å². The van der Waals surface area contributed by atoms with Gasteiger partial charge in [-0.05, 0) is 61.8 Å². The monoisotopic (exact) mass is 513 g/mol. The first kappa shape index (κ1) is 26.2. The van der Waals surface area contributed by atoms with Crippen LogP contribution in [0.15, 0.2) is 46.0 Å². The van der Waals surface area contributed by atoms with Crippen LogP contribution in [0.3, 0.4) is 0 Å². The van der Waals surface area contributed by atoms with Crippen molar-refractivity contribution in [1.82, 2.24) is 9.13 Å². The van der Waals surface area contributed by atoms with Crippen LogP contribution in [0.1, 0.15) is 47.9 Å². The number of carbonyl (C=O) groups excluding carboxylic acids is 1. The second-order valence-electron chi connectivity index (χ2n) is 9.44. The lowest BCUT2D eigenvalue weighted by molar-refractivity contribution is -0.146. The molecule has 1 saturated carbocycles. The van der Waals surface area contributed by atoms with Crippen LogP contribution in [0, 0.1) is 30.1 Å². The highest BCUT2D eigenvalue weighted by atomic mass is 19.4. The average Bonchev–Trinajstić information content (AvgIpc) is 2.88. The molecule has 194 valence electrons. The van der Waals surface area contributed by atoms with Gasteiger partial charge in [0.25, 0.3) is 5.56 Å². The first-order chi connectivity index (χ1) is 17.6. The van der Waals surface area contributed by atoms with Crippen molar-refractivity contribution in [1.29, 1.82) is 5.26 Å². The fourth-order valence-corrected chi connectivity index (χ4v) is 5.22. The molecule has 0 radical (unpaired) electrons. The molecular formula is C27H26F3N3O4. The van der Waals surface area contributed by atoms with Crippen LogP contribution >= 0.6 is 0 Å². The van der Waals surface area contributed by atoms with Gasteiger partial charge in [-0.1, -0.05) is 24.3 Å². The van der Waals surface area contributed by atoms with E-state index in [4.69, 9.17) is 4.74 Å². The van der Waals surface area contributed by atoms with Crippen LogP contribution < -0.4 is 11.2 Å². The highest BCUT2D eigenvalue weighted by Gasteiger charge is 2.34. The lowest BCUT2D eigenvalue weighted by atomic mass is 9.82. The molecule has 1 aromatic heterocycles. The molecule has 0 saturated heterocycles. The predicted molar refractivity (Wildman–Crippen MR) is 130 cm³/mol. The molecule has 0 aliphatic heterocycles. The minimum absolute atomic E-state index is 0.0237. The summed E-state index contributed by atoms with van der Waals surface area (Å²) in [5.41, 5.74) is -1.79. The Morgan fingerprint density at radius 1 is 1.08 bits per heavy atom. The van der Waals surface area contributed by atoms with E-state index in [1.807, 2.05) is 0 Å². The maximum atomic E-state index is 13.6. The molecule has 3 aromatic rings. The second kappa shape index (κ2) is 10.2. The predicted octanol–water partition coefficient (Wildman–Crippen LogP) is 4.39. The Kier molecular flexibility index (Phi) is 7.25. The van der Waals surface area contributed by atoms with Gasteiger partial charge in [-0.15, -0.1) is 0 Å². The normalized spacial score (nSPS) is 17.9. The van der Waals surface area contributed by atoms with Crippen molar-refractivity contribution < 1.29 is 22.7 Å². The lowest BCUT2D eigenvalue weighted by Crippen LogP contribution is -2.42. The van der Waals surface area contributed by atoms with Gasteiger partial charge < -0.3 is 4.74 Å². The van der Waals surface area contributed by atoms with Crippen molar-refractivity contribution in [3.05, 3.63) is 79.5 Å². The molecule has 1 aliphatic carbocycles. The van der Waals surface area contributed by atoms with Crippen molar-refractivity contribution >= 4 is 16.9 Å². The van der Waals surface area contributed by atoms with E-state index in [1.165, 1.54) is 23.8 Å². The van der Waals surface area contributed by atoms with Gasteiger partial charge in [-0.25, -0.2) is 4.79 Å². The fraction of sp³-hybridized carbons (Fsp3) is 0.407. The molecule has 0 N–H and O–H groups in total. The van der Waals surface area contributed by atoms with Gasteiger partial charge in [0, 0.05) is 6.54 Å². The number of halogens is 3. The van der Waals surface area contributed by atoms with Gasteiger partial charge in [-0.3, -0.25) is 18.7 Å². The molecule has 1 aliphatic rings. The van der Waals surface area contributed by atoms with Crippen LogP contribution in [0.4, 0.5) is 13.2 Å². The van der Waals surface area contributed by atoms with Gasteiger partial charge in [0.15, 0.2) is 0 Å². The first-order valence-electron chi connectivity index (χ1n) is 12.0. The summed E-state index contributed by atoms with van der Waals surface area (Å²) in [6.07, 6.45) is -2.30. The first-order valence-corrected chi connectivity index (χ1v) is 12.0. The van der Waals surface area contributed by atoms with Crippen molar-refractivity contribution in [2.45, 2.75) is 51.9 Å². The summed E-state index contributed by atoms with van der Waals surface area (Å²) >= 11 is 0. The highest BCUT2D eigenvalue weighted by Crippen LogP contribution is 2.33. The number of nitrogens with zero attached hydrogens (tertiary/aromatic N) is 3. The van der Waals surface area contributed by atoms with Gasteiger partial charge in [0.2, 0.25) is 0 Å². The largest absolute Gasteiger partial charge is 0.469 e. The van der Waals surface area contributed by atoms with E-state index >= 15 is 0 Å². The standard InChI is InChI=1S/C27H26F3N3O4/c1-16-5-3-8-22-23(16)24(34)33(14-17-9-11-18(12-10-17)25(35)37-2)26(36)32(22)15-19-6-4-7-21(20(19)13-31)27(28,29)30/h3-8,17-18H,9-12,14-15H2,1-2H3. The topological polar surface area (TPSA) is 94.1 Å². The molecule has 10 heteroatoms.